The van der Waals surface area contributed by atoms with Gasteiger partial charge in [0.15, 0.2) is 23.0 Å². The molecule has 5 rings (SSSR count). The van der Waals surface area contributed by atoms with Crippen molar-refractivity contribution in [3.05, 3.63) is 46.5 Å². The third-order valence-corrected chi connectivity index (χ3v) is 7.22. The van der Waals surface area contributed by atoms with Gasteiger partial charge in [-0.3, -0.25) is 9.59 Å². The summed E-state index contributed by atoms with van der Waals surface area (Å²) in [6.45, 7) is 3.72. The number of carbonyl (C=O) groups excluding carboxylic acids is 2. The number of amides is 1. The molecule has 1 fully saturated rings. The first-order valence-electron chi connectivity index (χ1n) is 12.1. The third-order valence-electron chi connectivity index (χ3n) is 7.22. The molecule has 2 aromatic rings. The third kappa shape index (κ3) is 4.20. The van der Waals surface area contributed by atoms with Crippen LogP contribution in [0.4, 0.5) is 0 Å². The van der Waals surface area contributed by atoms with E-state index in [1.54, 1.807) is 13.0 Å². The van der Waals surface area contributed by atoms with Crippen LogP contribution >= 0.6 is 0 Å². The molecule has 3 aliphatic rings. The van der Waals surface area contributed by atoms with E-state index >= 15 is 0 Å². The summed E-state index contributed by atoms with van der Waals surface area (Å²) < 4.78 is 22.3. The number of nitrogens with two attached hydrogens (primary N) is 1. The van der Waals surface area contributed by atoms with Crippen molar-refractivity contribution in [2.75, 3.05) is 40.1 Å². The van der Waals surface area contributed by atoms with E-state index in [1.807, 2.05) is 18.2 Å². The molecule has 2 heterocycles. The maximum atomic E-state index is 13.1. The van der Waals surface area contributed by atoms with E-state index in [0.717, 1.165) is 16.7 Å². The first kappa shape index (κ1) is 24.2. The molecule has 2 aliphatic heterocycles. The van der Waals surface area contributed by atoms with Crippen LogP contribution in [0, 0.1) is 18.8 Å². The average molecular weight is 498 g/mol. The normalized spacial score (nSPS) is 23.6. The Kier molecular flexibility index (Phi) is 6.63. The molecule has 192 valence electrons. The van der Waals surface area contributed by atoms with Crippen molar-refractivity contribution < 1.29 is 33.6 Å². The highest BCUT2D eigenvalue weighted by molar-refractivity contribution is 5.81. The van der Waals surface area contributed by atoms with Crippen molar-refractivity contribution in [3.8, 4) is 23.0 Å². The molecule has 0 radical (unpaired) electrons. The molecule has 10 nitrogen and oxygen atoms in total. The van der Waals surface area contributed by atoms with E-state index in [9.17, 15) is 14.7 Å². The number of carbonyl (C=O) groups is 2. The summed E-state index contributed by atoms with van der Waals surface area (Å²) in [5, 5.41) is 16.7. The minimum atomic E-state index is -0.535. The van der Waals surface area contributed by atoms with Gasteiger partial charge < -0.3 is 40.4 Å². The highest BCUT2D eigenvalue weighted by Gasteiger charge is 2.53. The van der Waals surface area contributed by atoms with Crippen LogP contribution in [0.15, 0.2) is 24.3 Å². The lowest BCUT2D eigenvalue weighted by atomic mass is 9.65. The van der Waals surface area contributed by atoms with Crippen molar-refractivity contribution in [1.82, 2.24) is 10.6 Å². The van der Waals surface area contributed by atoms with E-state index in [1.165, 1.54) is 7.11 Å². The minimum absolute atomic E-state index is 0.0573. The van der Waals surface area contributed by atoms with E-state index in [4.69, 9.17) is 24.7 Å². The van der Waals surface area contributed by atoms with E-state index in [2.05, 4.69) is 10.6 Å². The molecule has 4 atom stereocenters. The van der Waals surface area contributed by atoms with Gasteiger partial charge >= 0.3 is 5.97 Å². The maximum absolute atomic E-state index is 13.1. The number of phenolic OH excluding ortho intramolecular Hbond substituents is 1. The van der Waals surface area contributed by atoms with Crippen LogP contribution in [0.2, 0.25) is 0 Å². The zero-order valence-electron chi connectivity index (χ0n) is 20.3. The highest BCUT2D eigenvalue weighted by Crippen LogP contribution is 2.55. The van der Waals surface area contributed by atoms with Crippen LogP contribution in [0.3, 0.4) is 0 Å². The number of methoxy groups -OCH3 is 1. The van der Waals surface area contributed by atoms with Gasteiger partial charge in [0.2, 0.25) is 12.7 Å². The lowest BCUT2D eigenvalue weighted by molar-refractivity contribution is -0.141. The van der Waals surface area contributed by atoms with Crippen molar-refractivity contribution in [2.24, 2.45) is 17.6 Å². The second kappa shape index (κ2) is 9.87. The topological polar surface area (TPSA) is 141 Å². The molecule has 0 bridgehead atoms. The number of rotatable bonds is 8. The standard InChI is InChI=1S/C26H31N3O7/c1-13-7-14(8-20(33-2)25(13)31)22-15-9-18-19(36-12-35-18)10-16(15)24(17-11-34-26(32)23(17)22)29-21(30)3-5-28-6-4-27/h7-10,17,22-24,28,31H,3-6,11-12,27H2,1-2H3,(H,29,30)/t17-,22?,23-,24+/m0/s1. The SMILES string of the molecule is COc1cc(C2c3cc4c(cc3[C@@H](NC(=O)CCNCCN)[C@H]3COC(=O)[C@H]23)OCO4)cc(C)c1O. The fourth-order valence-corrected chi connectivity index (χ4v) is 5.53. The quantitative estimate of drug-likeness (QED) is 0.315. The molecule has 10 heteroatoms. The lowest BCUT2D eigenvalue weighted by Gasteiger charge is -2.39. The Morgan fingerprint density at radius 3 is 2.61 bits per heavy atom. The van der Waals surface area contributed by atoms with Crippen molar-refractivity contribution in [1.29, 1.82) is 0 Å². The minimum Gasteiger partial charge on any atom is -0.504 e. The Bertz CT molecular complexity index is 1180. The summed E-state index contributed by atoms with van der Waals surface area (Å²) in [4.78, 5) is 26.0. The van der Waals surface area contributed by atoms with Crippen LogP contribution in [-0.4, -0.2) is 57.1 Å². The summed E-state index contributed by atoms with van der Waals surface area (Å²) >= 11 is 0. The number of aryl methyl sites for hydroxylation is 1. The smallest absolute Gasteiger partial charge is 0.310 e. The lowest BCUT2D eigenvalue weighted by Crippen LogP contribution is -2.43. The molecule has 1 unspecified atom stereocenters. The van der Waals surface area contributed by atoms with Gasteiger partial charge in [-0.15, -0.1) is 0 Å². The average Bonchev–Trinajstić information content (AvgIpc) is 3.49. The summed E-state index contributed by atoms with van der Waals surface area (Å²) in [6.07, 6.45) is 0.278. The van der Waals surface area contributed by atoms with E-state index < -0.39 is 12.0 Å². The first-order chi connectivity index (χ1) is 17.4. The molecule has 0 aromatic heterocycles. The van der Waals surface area contributed by atoms with Gasteiger partial charge in [-0.05, 0) is 47.4 Å². The monoisotopic (exact) mass is 497 g/mol. The van der Waals surface area contributed by atoms with Gasteiger partial charge in [0.05, 0.1) is 25.7 Å². The number of fused-ring (bicyclic) bond motifs is 3. The number of esters is 1. The summed E-state index contributed by atoms with van der Waals surface area (Å²) in [6, 6.07) is 6.96. The highest BCUT2D eigenvalue weighted by atomic mass is 16.7. The van der Waals surface area contributed by atoms with Crippen molar-refractivity contribution in [2.45, 2.75) is 25.3 Å². The molecule has 36 heavy (non-hydrogen) atoms. The number of phenols is 1. The summed E-state index contributed by atoms with van der Waals surface area (Å²) in [5.41, 5.74) is 8.66. The van der Waals surface area contributed by atoms with Crippen molar-refractivity contribution in [3.63, 3.8) is 0 Å². The number of hydrogen-bond acceptors (Lipinski definition) is 9. The number of cyclic esters (lactones) is 1. The number of nitrogens with one attached hydrogen (secondary N) is 2. The molecule has 1 saturated heterocycles. The predicted octanol–water partition coefficient (Wildman–Crippen LogP) is 1.47. The van der Waals surface area contributed by atoms with Gasteiger partial charge in [-0.2, -0.15) is 0 Å². The number of benzene rings is 2. The second-order valence-electron chi connectivity index (χ2n) is 9.35. The van der Waals surface area contributed by atoms with Crippen LogP contribution in [0.25, 0.3) is 0 Å². The van der Waals surface area contributed by atoms with Gasteiger partial charge in [0.25, 0.3) is 0 Å². The summed E-state index contributed by atoms with van der Waals surface area (Å²) in [5.74, 6) is -0.0847. The number of ether oxygens (including phenoxy) is 4. The Morgan fingerprint density at radius 1 is 1.14 bits per heavy atom. The number of hydrogen-bond donors (Lipinski definition) is 4. The Morgan fingerprint density at radius 2 is 1.89 bits per heavy atom. The Hall–Kier alpha value is -3.50. The predicted molar refractivity (Wildman–Crippen MR) is 129 cm³/mol. The molecule has 1 amide bonds. The molecular formula is C26H31N3O7. The Labute approximate surface area is 209 Å². The van der Waals surface area contributed by atoms with Gasteiger partial charge in [0.1, 0.15) is 0 Å². The molecule has 0 spiro atoms. The van der Waals surface area contributed by atoms with Crippen LogP contribution < -0.4 is 30.6 Å². The largest absolute Gasteiger partial charge is 0.504 e. The first-order valence-corrected chi connectivity index (χ1v) is 12.1. The van der Waals surface area contributed by atoms with Gasteiger partial charge in [-0.1, -0.05) is 6.07 Å². The number of aromatic hydroxyl groups is 1. The van der Waals surface area contributed by atoms with Crippen LogP contribution in [0.1, 0.15) is 40.6 Å². The molecule has 2 aromatic carbocycles. The zero-order chi connectivity index (χ0) is 25.4. The zero-order valence-corrected chi connectivity index (χ0v) is 20.3. The van der Waals surface area contributed by atoms with Crippen LogP contribution in [-0.2, 0) is 14.3 Å². The summed E-state index contributed by atoms with van der Waals surface area (Å²) in [7, 11) is 1.49. The Balaban J connectivity index is 1.59. The fourth-order valence-electron chi connectivity index (χ4n) is 5.53. The molecule has 1 aliphatic carbocycles. The van der Waals surface area contributed by atoms with Gasteiger partial charge in [0, 0.05) is 37.9 Å². The maximum Gasteiger partial charge on any atom is 0.310 e. The fraction of sp³-hybridized carbons (Fsp3) is 0.462. The second-order valence-corrected chi connectivity index (χ2v) is 9.35. The molecule has 5 N–H and O–H groups in total. The molecular weight excluding hydrogens is 466 g/mol. The van der Waals surface area contributed by atoms with E-state index in [-0.39, 0.29) is 49.3 Å². The van der Waals surface area contributed by atoms with Crippen LogP contribution in [0.5, 0.6) is 23.0 Å². The van der Waals surface area contributed by atoms with Crippen molar-refractivity contribution >= 4 is 11.9 Å². The van der Waals surface area contributed by atoms with Gasteiger partial charge in [-0.25, -0.2) is 0 Å². The molecule has 0 saturated carbocycles. The van der Waals surface area contributed by atoms with E-state index in [0.29, 0.717) is 42.4 Å².